The van der Waals surface area contributed by atoms with Gasteiger partial charge in [0, 0.05) is 26.3 Å². The van der Waals surface area contributed by atoms with Crippen LogP contribution in [0.3, 0.4) is 0 Å². The van der Waals surface area contributed by atoms with Gasteiger partial charge in [-0.15, -0.1) is 0 Å². The Morgan fingerprint density at radius 2 is 2.33 bits per heavy atom. The number of likely N-dealkylation sites (N-methyl/N-ethyl adjacent to an activating group) is 1. The maximum absolute atomic E-state index is 9.58. The van der Waals surface area contributed by atoms with Crippen LogP contribution in [0, 0.1) is 5.92 Å². The summed E-state index contributed by atoms with van der Waals surface area (Å²) in [7, 11) is 3.94. The van der Waals surface area contributed by atoms with E-state index in [4.69, 9.17) is 4.74 Å². The summed E-state index contributed by atoms with van der Waals surface area (Å²) in [5.74, 6) is 0.725. The SMILES string of the molecule is CN(C)CC(O)CNCCC1CCOC1. The van der Waals surface area contributed by atoms with Gasteiger partial charge in [0.15, 0.2) is 0 Å². The molecule has 0 radical (unpaired) electrons. The van der Waals surface area contributed by atoms with Gasteiger partial charge in [-0.2, -0.15) is 0 Å². The van der Waals surface area contributed by atoms with Crippen molar-refractivity contribution in [3.8, 4) is 0 Å². The minimum Gasteiger partial charge on any atom is -0.390 e. The van der Waals surface area contributed by atoms with Gasteiger partial charge in [-0.05, 0) is 39.4 Å². The van der Waals surface area contributed by atoms with Crippen molar-refractivity contribution < 1.29 is 9.84 Å². The van der Waals surface area contributed by atoms with Gasteiger partial charge in [0.05, 0.1) is 6.10 Å². The van der Waals surface area contributed by atoms with Gasteiger partial charge in [0.1, 0.15) is 0 Å². The second-order valence-electron chi connectivity index (χ2n) is 4.64. The lowest BCUT2D eigenvalue weighted by Gasteiger charge is -2.16. The third-order valence-electron chi connectivity index (χ3n) is 2.71. The van der Waals surface area contributed by atoms with Crippen LogP contribution in [0.25, 0.3) is 0 Å². The Hall–Kier alpha value is -0.160. The summed E-state index contributed by atoms with van der Waals surface area (Å²) >= 11 is 0. The first-order chi connectivity index (χ1) is 7.18. The van der Waals surface area contributed by atoms with Crippen molar-refractivity contribution in [3.05, 3.63) is 0 Å². The third-order valence-corrected chi connectivity index (χ3v) is 2.71. The number of nitrogens with one attached hydrogen (secondary N) is 1. The Balaban J connectivity index is 1.91. The van der Waals surface area contributed by atoms with Gasteiger partial charge in [-0.25, -0.2) is 0 Å². The topological polar surface area (TPSA) is 44.7 Å². The van der Waals surface area contributed by atoms with Crippen LogP contribution in [0.2, 0.25) is 0 Å². The van der Waals surface area contributed by atoms with E-state index in [1.54, 1.807) is 0 Å². The van der Waals surface area contributed by atoms with Crippen molar-refractivity contribution >= 4 is 0 Å². The molecule has 1 aliphatic heterocycles. The van der Waals surface area contributed by atoms with Gasteiger partial charge in [-0.1, -0.05) is 0 Å². The van der Waals surface area contributed by atoms with E-state index in [0.717, 1.165) is 38.6 Å². The van der Waals surface area contributed by atoms with E-state index in [1.807, 2.05) is 19.0 Å². The van der Waals surface area contributed by atoms with Crippen LogP contribution in [0.15, 0.2) is 0 Å². The number of rotatable bonds is 7. The van der Waals surface area contributed by atoms with Crippen LogP contribution in [0.4, 0.5) is 0 Å². The quantitative estimate of drug-likeness (QED) is 0.585. The average Bonchev–Trinajstić information content (AvgIpc) is 2.63. The molecule has 1 fully saturated rings. The highest BCUT2D eigenvalue weighted by atomic mass is 16.5. The van der Waals surface area contributed by atoms with Crippen LogP contribution in [0.5, 0.6) is 0 Å². The van der Waals surface area contributed by atoms with Gasteiger partial charge in [-0.3, -0.25) is 0 Å². The second kappa shape index (κ2) is 7.17. The summed E-state index contributed by atoms with van der Waals surface area (Å²) in [5, 5.41) is 12.9. The molecule has 2 unspecified atom stereocenters. The lowest BCUT2D eigenvalue weighted by molar-refractivity contribution is 0.134. The highest BCUT2D eigenvalue weighted by molar-refractivity contribution is 4.67. The van der Waals surface area contributed by atoms with Crippen LogP contribution in [-0.2, 0) is 4.74 Å². The first-order valence-electron chi connectivity index (χ1n) is 5.79. The summed E-state index contributed by atoms with van der Waals surface area (Å²) in [6.07, 6.45) is 2.09. The molecule has 0 amide bonds. The number of ether oxygens (including phenoxy) is 1. The zero-order chi connectivity index (χ0) is 11.1. The van der Waals surface area contributed by atoms with Crippen molar-refractivity contribution in [1.29, 1.82) is 0 Å². The van der Waals surface area contributed by atoms with E-state index >= 15 is 0 Å². The van der Waals surface area contributed by atoms with Crippen LogP contribution < -0.4 is 5.32 Å². The summed E-state index contributed by atoms with van der Waals surface area (Å²) in [6, 6.07) is 0. The largest absolute Gasteiger partial charge is 0.390 e. The number of hydrogen-bond donors (Lipinski definition) is 2. The van der Waals surface area contributed by atoms with Crippen molar-refractivity contribution in [2.75, 3.05) is 46.9 Å². The molecule has 2 N–H and O–H groups in total. The Bertz CT molecular complexity index is 159. The molecule has 4 heteroatoms. The number of aliphatic hydroxyl groups excluding tert-OH is 1. The van der Waals surface area contributed by atoms with Crippen molar-refractivity contribution in [3.63, 3.8) is 0 Å². The van der Waals surface area contributed by atoms with Crippen molar-refractivity contribution in [2.24, 2.45) is 5.92 Å². The lowest BCUT2D eigenvalue weighted by Crippen LogP contribution is -2.35. The lowest BCUT2D eigenvalue weighted by atomic mass is 10.1. The first-order valence-corrected chi connectivity index (χ1v) is 5.79. The summed E-state index contributed by atoms with van der Waals surface area (Å²) in [6.45, 7) is 4.24. The fourth-order valence-electron chi connectivity index (χ4n) is 1.87. The Morgan fingerprint density at radius 3 is 2.93 bits per heavy atom. The zero-order valence-electron chi connectivity index (χ0n) is 9.91. The molecule has 0 bridgehead atoms. The second-order valence-corrected chi connectivity index (χ2v) is 4.64. The third kappa shape index (κ3) is 6.10. The molecule has 4 nitrogen and oxygen atoms in total. The van der Waals surface area contributed by atoms with Crippen LogP contribution in [-0.4, -0.2) is 63.1 Å². The monoisotopic (exact) mass is 216 g/mol. The fourth-order valence-corrected chi connectivity index (χ4v) is 1.87. The van der Waals surface area contributed by atoms with E-state index in [0.29, 0.717) is 6.54 Å². The molecule has 0 spiro atoms. The highest BCUT2D eigenvalue weighted by Gasteiger charge is 2.14. The minimum absolute atomic E-state index is 0.264. The molecular formula is C11H24N2O2. The van der Waals surface area contributed by atoms with Crippen molar-refractivity contribution in [2.45, 2.75) is 18.9 Å². The predicted octanol–water partition coefficient (Wildman–Crippen LogP) is -0.0749. The Kier molecular flexibility index (Phi) is 6.17. The van der Waals surface area contributed by atoms with E-state index < -0.39 is 0 Å². The van der Waals surface area contributed by atoms with E-state index in [-0.39, 0.29) is 6.10 Å². The molecule has 1 saturated heterocycles. The maximum atomic E-state index is 9.58. The number of hydrogen-bond acceptors (Lipinski definition) is 4. The highest BCUT2D eigenvalue weighted by Crippen LogP contribution is 2.14. The van der Waals surface area contributed by atoms with Gasteiger partial charge in [0.25, 0.3) is 0 Å². The van der Waals surface area contributed by atoms with Gasteiger partial charge in [0.2, 0.25) is 0 Å². The Labute approximate surface area is 92.6 Å². The molecule has 0 aromatic rings. The normalized spacial score (nSPS) is 23.6. The fraction of sp³-hybridized carbons (Fsp3) is 1.00. The first kappa shape index (κ1) is 12.9. The number of aliphatic hydroxyl groups is 1. The molecular weight excluding hydrogens is 192 g/mol. The average molecular weight is 216 g/mol. The molecule has 0 aromatic heterocycles. The zero-order valence-corrected chi connectivity index (χ0v) is 9.91. The molecule has 1 aliphatic rings. The number of nitrogens with zero attached hydrogens (tertiary/aromatic N) is 1. The van der Waals surface area contributed by atoms with E-state index in [1.165, 1.54) is 6.42 Å². The smallest absolute Gasteiger partial charge is 0.0791 e. The van der Waals surface area contributed by atoms with Gasteiger partial charge < -0.3 is 20.1 Å². The summed E-state index contributed by atoms with van der Waals surface area (Å²) in [5.41, 5.74) is 0. The van der Waals surface area contributed by atoms with Crippen LogP contribution >= 0.6 is 0 Å². The van der Waals surface area contributed by atoms with Crippen LogP contribution in [0.1, 0.15) is 12.8 Å². The van der Waals surface area contributed by atoms with Crippen molar-refractivity contribution in [1.82, 2.24) is 10.2 Å². The molecule has 0 aromatic carbocycles. The standard InChI is InChI=1S/C11H24N2O2/c1-13(2)8-11(14)7-12-5-3-10-4-6-15-9-10/h10-12,14H,3-9H2,1-2H3. The van der Waals surface area contributed by atoms with E-state index in [9.17, 15) is 5.11 Å². The molecule has 0 saturated carbocycles. The predicted molar refractivity (Wildman–Crippen MR) is 61.0 cm³/mol. The van der Waals surface area contributed by atoms with Gasteiger partial charge >= 0.3 is 0 Å². The Morgan fingerprint density at radius 1 is 1.53 bits per heavy atom. The molecule has 90 valence electrons. The molecule has 15 heavy (non-hydrogen) atoms. The molecule has 0 aliphatic carbocycles. The minimum atomic E-state index is -0.264. The maximum Gasteiger partial charge on any atom is 0.0791 e. The summed E-state index contributed by atoms with van der Waals surface area (Å²) < 4.78 is 5.30. The van der Waals surface area contributed by atoms with E-state index in [2.05, 4.69) is 5.32 Å². The molecule has 1 heterocycles. The molecule has 2 atom stereocenters. The molecule has 1 rings (SSSR count). The summed E-state index contributed by atoms with van der Waals surface area (Å²) in [4.78, 5) is 2.00.